The normalized spacial score (nSPS) is 12.0. The maximum Gasteiger partial charge on any atom is 0.242 e. The van der Waals surface area contributed by atoms with E-state index >= 15 is 0 Å². The van der Waals surface area contributed by atoms with Gasteiger partial charge in [-0.1, -0.05) is 70.5 Å². The van der Waals surface area contributed by atoms with Crippen molar-refractivity contribution in [2.45, 2.75) is 53.6 Å². The van der Waals surface area contributed by atoms with Gasteiger partial charge in [0.2, 0.25) is 11.8 Å². The lowest BCUT2D eigenvalue weighted by Gasteiger charge is -2.29. The van der Waals surface area contributed by atoms with Crippen LogP contribution in [0.15, 0.2) is 47.8 Å². The molecule has 0 unspecified atom stereocenters. The van der Waals surface area contributed by atoms with Gasteiger partial charge in [-0.2, -0.15) is 0 Å². The van der Waals surface area contributed by atoms with Crippen LogP contribution in [0.2, 0.25) is 0 Å². The maximum atomic E-state index is 13.3. The van der Waals surface area contributed by atoms with E-state index in [1.165, 1.54) is 0 Å². The molecule has 0 aliphatic carbocycles. The Hall–Kier alpha value is -2.14. The molecule has 0 aliphatic rings. The lowest BCUT2D eigenvalue weighted by molar-refractivity contribution is -0.142. The molecule has 0 saturated carbocycles. The number of rotatable bonds is 11. The van der Waals surface area contributed by atoms with Gasteiger partial charge in [-0.05, 0) is 28.8 Å². The first-order chi connectivity index (χ1) is 13.9. The van der Waals surface area contributed by atoms with Gasteiger partial charge in [0.25, 0.3) is 0 Å². The molecule has 2 aromatic rings. The number of benzene rings is 1. The highest BCUT2D eigenvalue weighted by molar-refractivity contribution is 7.09. The molecule has 2 amide bonds. The lowest BCUT2D eigenvalue weighted by atomic mass is 10.1. The molecule has 29 heavy (non-hydrogen) atoms. The predicted octanol–water partition coefficient (Wildman–Crippen LogP) is 5.20. The zero-order valence-electron chi connectivity index (χ0n) is 18.1. The van der Waals surface area contributed by atoms with Crippen LogP contribution in [0.4, 0.5) is 0 Å². The zero-order valence-corrected chi connectivity index (χ0v) is 19.0. The fraction of sp³-hybridized carbons (Fsp3) is 0.500. The molecule has 0 radical (unpaired) electrons. The molecule has 2 rings (SSSR count). The van der Waals surface area contributed by atoms with E-state index in [0.717, 1.165) is 16.9 Å². The number of amides is 2. The highest BCUT2D eigenvalue weighted by Gasteiger charge is 2.23. The van der Waals surface area contributed by atoms with Crippen molar-refractivity contribution >= 4 is 23.2 Å². The van der Waals surface area contributed by atoms with E-state index in [0.29, 0.717) is 32.0 Å². The Morgan fingerprint density at radius 2 is 1.66 bits per heavy atom. The zero-order chi connectivity index (χ0) is 21.2. The first-order valence-electron chi connectivity index (χ1n) is 10.5. The van der Waals surface area contributed by atoms with Gasteiger partial charge in [0.05, 0.1) is 13.1 Å². The molecule has 0 spiro atoms. The van der Waals surface area contributed by atoms with Crippen LogP contribution < -0.4 is 0 Å². The van der Waals surface area contributed by atoms with Crippen molar-refractivity contribution in [2.75, 3.05) is 13.1 Å². The largest absolute Gasteiger partial charge is 0.333 e. The van der Waals surface area contributed by atoms with Gasteiger partial charge in [0, 0.05) is 24.4 Å². The predicted molar refractivity (Wildman–Crippen MR) is 121 cm³/mol. The molecule has 1 aromatic carbocycles. The van der Waals surface area contributed by atoms with E-state index in [2.05, 4.69) is 19.9 Å². The summed E-state index contributed by atoms with van der Waals surface area (Å²) < 4.78 is 0. The fourth-order valence-electron chi connectivity index (χ4n) is 3.13. The second-order valence-corrected chi connectivity index (χ2v) is 9.23. The van der Waals surface area contributed by atoms with Crippen molar-refractivity contribution in [3.05, 3.63) is 58.3 Å². The number of thiophene rings is 1. The van der Waals surface area contributed by atoms with Crippen LogP contribution in [0.5, 0.6) is 0 Å². The summed E-state index contributed by atoms with van der Waals surface area (Å²) in [7, 11) is 0. The monoisotopic (exact) mass is 414 g/mol. The molecule has 158 valence electrons. The first-order valence-corrected chi connectivity index (χ1v) is 11.4. The van der Waals surface area contributed by atoms with Crippen LogP contribution in [0.25, 0.3) is 0 Å². The van der Waals surface area contributed by atoms with Crippen LogP contribution in [0, 0.1) is 11.8 Å². The second kappa shape index (κ2) is 11.8. The Balaban J connectivity index is 2.15. The van der Waals surface area contributed by atoms with E-state index in [-0.39, 0.29) is 24.3 Å². The first kappa shape index (κ1) is 23.1. The molecule has 0 bridgehead atoms. The molecule has 1 aromatic heterocycles. The third-order valence-corrected chi connectivity index (χ3v) is 5.85. The van der Waals surface area contributed by atoms with Gasteiger partial charge in [-0.3, -0.25) is 9.59 Å². The Labute approximate surface area is 179 Å². The Morgan fingerprint density at radius 3 is 2.24 bits per heavy atom. The molecule has 1 heterocycles. The van der Waals surface area contributed by atoms with E-state index in [1.54, 1.807) is 16.2 Å². The van der Waals surface area contributed by atoms with Crippen molar-refractivity contribution in [3.63, 3.8) is 0 Å². The molecule has 0 N–H and O–H groups in total. The summed E-state index contributed by atoms with van der Waals surface area (Å²) in [4.78, 5) is 30.9. The van der Waals surface area contributed by atoms with Crippen LogP contribution >= 0.6 is 11.3 Å². The smallest absolute Gasteiger partial charge is 0.242 e. The van der Waals surface area contributed by atoms with E-state index in [4.69, 9.17) is 0 Å². The second-order valence-electron chi connectivity index (χ2n) is 8.20. The minimum Gasteiger partial charge on any atom is -0.333 e. The van der Waals surface area contributed by atoms with Crippen LogP contribution in [0.1, 0.15) is 51.0 Å². The molecule has 5 heteroatoms. The average molecular weight is 415 g/mol. The minimum atomic E-state index is 0.00247. The highest BCUT2D eigenvalue weighted by Crippen LogP contribution is 2.16. The van der Waals surface area contributed by atoms with Gasteiger partial charge in [-0.15, -0.1) is 11.3 Å². The summed E-state index contributed by atoms with van der Waals surface area (Å²) in [6.45, 7) is 10.2. The molecule has 1 atom stereocenters. The van der Waals surface area contributed by atoms with E-state index in [9.17, 15) is 9.59 Å². The molecule has 0 fully saturated rings. The number of carbonyl (C=O) groups is 2. The molecule has 0 aliphatic heterocycles. The summed E-state index contributed by atoms with van der Waals surface area (Å²) in [5, 5.41) is 2.03. The number of carbonyl (C=O) groups excluding carboxylic acids is 2. The summed E-state index contributed by atoms with van der Waals surface area (Å²) in [6, 6.07) is 14.1. The third kappa shape index (κ3) is 8.01. The summed E-state index contributed by atoms with van der Waals surface area (Å²) in [5.41, 5.74) is 1.10. The lowest BCUT2D eigenvalue weighted by Crippen LogP contribution is -2.44. The van der Waals surface area contributed by atoms with Gasteiger partial charge in [0.1, 0.15) is 0 Å². The SMILES string of the molecule is CC[C@@H](C)CN(CC(=O)N(Cc1ccccc1)Cc1cccs1)C(=O)CC(C)C. The highest BCUT2D eigenvalue weighted by atomic mass is 32.1. The molecular formula is C24H34N2O2S. The topological polar surface area (TPSA) is 40.6 Å². The fourth-order valence-corrected chi connectivity index (χ4v) is 3.85. The Morgan fingerprint density at radius 1 is 0.931 bits per heavy atom. The quantitative estimate of drug-likeness (QED) is 0.507. The van der Waals surface area contributed by atoms with E-state index in [1.807, 2.05) is 60.5 Å². The van der Waals surface area contributed by atoms with Crippen molar-refractivity contribution in [2.24, 2.45) is 11.8 Å². The van der Waals surface area contributed by atoms with Gasteiger partial charge in [0.15, 0.2) is 0 Å². The van der Waals surface area contributed by atoms with Crippen molar-refractivity contribution < 1.29 is 9.59 Å². The van der Waals surface area contributed by atoms with Crippen LogP contribution in [-0.4, -0.2) is 34.7 Å². The summed E-state index contributed by atoms with van der Waals surface area (Å²) in [5.74, 6) is 0.731. The number of hydrogen-bond acceptors (Lipinski definition) is 3. The van der Waals surface area contributed by atoms with Gasteiger partial charge >= 0.3 is 0 Å². The van der Waals surface area contributed by atoms with Crippen molar-refractivity contribution in [1.29, 1.82) is 0 Å². The third-order valence-electron chi connectivity index (χ3n) is 4.99. The van der Waals surface area contributed by atoms with Crippen LogP contribution in [-0.2, 0) is 22.7 Å². The van der Waals surface area contributed by atoms with Crippen molar-refractivity contribution in [3.8, 4) is 0 Å². The van der Waals surface area contributed by atoms with Crippen molar-refractivity contribution in [1.82, 2.24) is 9.80 Å². The molecule has 4 nitrogen and oxygen atoms in total. The number of hydrogen-bond donors (Lipinski definition) is 0. The standard InChI is InChI=1S/C24H34N2O2S/c1-5-20(4)15-25(23(27)14-19(2)3)18-24(28)26(17-22-12-9-13-29-22)16-21-10-7-6-8-11-21/h6-13,19-20H,5,14-18H2,1-4H3/t20-/m1/s1. The minimum absolute atomic E-state index is 0.00247. The maximum absolute atomic E-state index is 13.3. The van der Waals surface area contributed by atoms with Crippen LogP contribution in [0.3, 0.4) is 0 Å². The van der Waals surface area contributed by atoms with Gasteiger partial charge in [-0.25, -0.2) is 0 Å². The Kier molecular flexibility index (Phi) is 9.39. The Bertz CT molecular complexity index is 744. The number of nitrogens with zero attached hydrogens (tertiary/aromatic N) is 2. The average Bonchev–Trinajstić information content (AvgIpc) is 3.20. The molecular weight excluding hydrogens is 380 g/mol. The summed E-state index contributed by atoms with van der Waals surface area (Å²) in [6.07, 6.45) is 1.47. The summed E-state index contributed by atoms with van der Waals surface area (Å²) >= 11 is 1.65. The van der Waals surface area contributed by atoms with Gasteiger partial charge < -0.3 is 9.80 Å². The van der Waals surface area contributed by atoms with E-state index < -0.39 is 0 Å². The molecule has 0 saturated heterocycles.